The van der Waals surface area contributed by atoms with Crippen molar-refractivity contribution < 1.29 is 0 Å². The molecule has 0 fully saturated rings. The largest absolute Gasteiger partial charge is 0.323 e. The molecule has 0 aliphatic rings. The molecular weight excluding hydrogens is 270 g/mol. The number of benzene rings is 1. The molecule has 3 nitrogen and oxygen atoms in total. The van der Waals surface area contributed by atoms with E-state index in [2.05, 4.69) is 23.1 Å². The molecule has 2 aromatic rings. The summed E-state index contributed by atoms with van der Waals surface area (Å²) in [5.74, 6) is 0. The lowest BCUT2D eigenvalue weighted by atomic mass is 10.1. The normalized spacial score (nSPS) is 13.2. The molecule has 0 radical (unpaired) electrons. The third kappa shape index (κ3) is 2.64. The van der Waals surface area contributed by atoms with Gasteiger partial charge >= 0.3 is 0 Å². The molecule has 1 heterocycles. The standard InChI is InChI=1S/C16H16ClN3/c1-4-7-11(5-2)15-14(10(3)18)19-13-9-6-8-12(17)16(13)20-15/h4-10H,1-2,18H2,3H3/b11-7+. The fourth-order valence-corrected chi connectivity index (χ4v) is 2.17. The summed E-state index contributed by atoms with van der Waals surface area (Å²) in [6.07, 6.45) is 5.21. The van der Waals surface area contributed by atoms with Crippen molar-refractivity contribution in [2.75, 3.05) is 0 Å². The number of nitrogens with zero attached hydrogens (tertiary/aromatic N) is 2. The Morgan fingerprint density at radius 3 is 2.70 bits per heavy atom. The van der Waals surface area contributed by atoms with E-state index < -0.39 is 0 Å². The minimum absolute atomic E-state index is 0.242. The highest BCUT2D eigenvalue weighted by molar-refractivity contribution is 6.34. The van der Waals surface area contributed by atoms with Crippen molar-refractivity contribution in [3.63, 3.8) is 0 Å². The van der Waals surface area contributed by atoms with Crippen LogP contribution >= 0.6 is 11.6 Å². The smallest absolute Gasteiger partial charge is 0.108 e. The number of halogens is 1. The van der Waals surface area contributed by atoms with Crippen LogP contribution < -0.4 is 5.73 Å². The van der Waals surface area contributed by atoms with Crippen LogP contribution in [0.25, 0.3) is 16.6 Å². The Morgan fingerprint density at radius 2 is 2.10 bits per heavy atom. The Hall–Kier alpha value is -1.97. The number of hydrogen-bond donors (Lipinski definition) is 1. The van der Waals surface area contributed by atoms with E-state index in [0.717, 1.165) is 11.1 Å². The molecule has 0 bridgehead atoms. The highest BCUT2D eigenvalue weighted by atomic mass is 35.5. The monoisotopic (exact) mass is 285 g/mol. The molecule has 20 heavy (non-hydrogen) atoms. The Morgan fingerprint density at radius 1 is 1.35 bits per heavy atom. The molecule has 0 aliphatic heterocycles. The Bertz CT molecular complexity index is 702. The second-order valence-corrected chi connectivity index (χ2v) is 4.82. The second kappa shape index (κ2) is 5.99. The minimum Gasteiger partial charge on any atom is -0.323 e. The van der Waals surface area contributed by atoms with Gasteiger partial charge in [-0.15, -0.1) is 0 Å². The van der Waals surface area contributed by atoms with Gasteiger partial charge in [-0.2, -0.15) is 0 Å². The summed E-state index contributed by atoms with van der Waals surface area (Å²) in [7, 11) is 0. The molecule has 0 saturated carbocycles. The van der Waals surface area contributed by atoms with Gasteiger partial charge in [0.1, 0.15) is 5.52 Å². The fourth-order valence-electron chi connectivity index (χ4n) is 1.96. The van der Waals surface area contributed by atoms with Crippen LogP contribution in [-0.4, -0.2) is 9.97 Å². The zero-order valence-corrected chi connectivity index (χ0v) is 12.1. The van der Waals surface area contributed by atoms with Crippen molar-refractivity contribution in [1.29, 1.82) is 0 Å². The Kier molecular flexibility index (Phi) is 4.32. The molecule has 0 spiro atoms. The van der Waals surface area contributed by atoms with E-state index in [1.54, 1.807) is 18.2 Å². The van der Waals surface area contributed by atoms with Crippen LogP contribution in [0, 0.1) is 0 Å². The van der Waals surface area contributed by atoms with E-state index >= 15 is 0 Å². The molecule has 0 aliphatic carbocycles. The first-order valence-electron chi connectivity index (χ1n) is 6.25. The highest BCUT2D eigenvalue weighted by Crippen LogP contribution is 2.27. The highest BCUT2D eigenvalue weighted by Gasteiger charge is 2.15. The summed E-state index contributed by atoms with van der Waals surface area (Å²) in [5.41, 5.74) is 9.63. The molecule has 1 aromatic carbocycles. The summed E-state index contributed by atoms with van der Waals surface area (Å²) in [4.78, 5) is 9.22. The zero-order chi connectivity index (χ0) is 14.7. The maximum Gasteiger partial charge on any atom is 0.108 e. The maximum atomic E-state index is 6.19. The van der Waals surface area contributed by atoms with Gasteiger partial charge in [0.05, 0.1) is 21.9 Å². The second-order valence-electron chi connectivity index (χ2n) is 4.42. The van der Waals surface area contributed by atoms with Crippen molar-refractivity contribution in [1.82, 2.24) is 9.97 Å². The van der Waals surface area contributed by atoms with Gasteiger partial charge in [-0.25, -0.2) is 9.97 Å². The number of para-hydroxylation sites is 1. The van der Waals surface area contributed by atoms with E-state index in [1.165, 1.54) is 0 Å². The summed E-state index contributed by atoms with van der Waals surface area (Å²) in [6.45, 7) is 9.37. The first-order chi connectivity index (χ1) is 9.58. The molecular formula is C16H16ClN3. The average molecular weight is 286 g/mol. The quantitative estimate of drug-likeness (QED) is 0.862. The lowest BCUT2D eigenvalue weighted by Crippen LogP contribution is -2.12. The van der Waals surface area contributed by atoms with E-state index in [1.807, 2.05) is 25.1 Å². The van der Waals surface area contributed by atoms with Crippen LogP contribution in [0.5, 0.6) is 0 Å². The summed E-state index contributed by atoms with van der Waals surface area (Å²) in [5, 5.41) is 0.564. The van der Waals surface area contributed by atoms with Crippen LogP contribution in [0.4, 0.5) is 0 Å². The van der Waals surface area contributed by atoms with Crippen molar-refractivity contribution >= 4 is 28.2 Å². The number of nitrogens with two attached hydrogens (primary N) is 1. The lowest BCUT2D eigenvalue weighted by molar-refractivity contribution is 0.776. The van der Waals surface area contributed by atoms with E-state index in [9.17, 15) is 0 Å². The molecule has 1 atom stereocenters. The minimum atomic E-state index is -0.242. The number of fused-ring (bicyclic) bond motifs is 1. The van der Waals surface area contributed by atoms with Gasteiger partial charge < -0.3 is 5.73 Å². The molecule has 2 rings (SSSR count). The molecule has 0 amide bonds. The van der Waals surface area contributed by atoms with Crippen LogP contribution in [0.3, 0.4) is 0 Å². The van der Waals surface area contributed by atoms with Gasteiger partial charge in [0, 0.05) is 11.6 Å². The molecule has 1 aromatic heterocycles. The number of rotatable bonds is 4. The maximum absolute atomic E-state index is 6.19. The molecule has 4 heteroatoms. The molecule has 1 unspecified atom stereocenters. The van der Waals surface area contributed by atoms with Crippen LogP contribution in [-0.2, 0) is 0 Å². The third-order valence-electron chi connectivity index (χ3n) is 2.89. The first kappa shape index (κ1) is 14.4. The van der Waals surface area contributed by atoms with Crippen LogP contribution in [0.15, 0.2) is 49.6 Å². The van der Waals surface area contributed by atoms with Crippen molar-refractivity contribution in [2.45, 2.75) is 13.0 Å². The SMILES string of the molecule is C=C/C=C(\C=C)c1nc2c(Cl)cccc2nc1C(C)N. The Balaban J connectivity index is 2.82. The van der Waals surface area contributed by atoms with Gasteiger partial charge in [-0.3, -0.25) is 0 Å². The molecule has 102 valence electrons. The number of aromatic nitrogens is 2. The predicted molar refractivity (Wildman–Crippen MR) is 85.5 cm³/mol. The van der Waals surface area contributed by atoms with Gasteiger partial charge in [-0.05, 0) is 19.1 Å². The van der Waals surface area contributed by atoms with Crippen molar-refractivity contribution in [2.24, 2.45) is 5.73 Å². The molecule has 0 saturated heterocycles. The summed E-state index contributed by atoms with van der Waals surface area (Å²) in [6, 6.07) is 5.26. The van der Waals surface area contributed by atoms with Gasteiger partial charge in [0.2, 0.25) is 0 Å². The summed E-state index contributed by atoms with van der Waals surface area (Å²) >= 11 is 6.19. The first-order valence-corrected chi connectivity index (χ1v) is 6.63. The molecule has 2 N–H and O–H groups in total. The van der Waals surface area contributed by atoms with Gasteiger partial charge in [0.15, 0.2) is 0 Å². The van der Waals surface area contributed by atoms with Gasteiger partial charge in [0.25, 0.3) is 0 Å². The van der Waals surface area contributed by atoms with E-state index in [-0.39, 0.29) is 6.04 Å². The number of allylic oxidation sites excluding steroid dienone is 4. The topological polar surface area (TPSA) is 51.8 Å². The van der Waals surface area contributed by atoms with Crippen molar-refractivity contribution in [3.05, 3.63) is 66.0 Å². The lowest BCUT2D eigenvalue weighted by Gasteiger charge is -2.13. The van der Waals surface area contributed by atoms with E-state index in [4.69, 9.17) is 17.3 Å². The van der Waals surface area contributed by atoms with Crippen LogP contribution in [0.1, 0.15) is 24.4 Å². The average Bonchev–Trinajstić information content (AvgIpc) is 2.44. The van der Waals surface area contributed by atoms with Crippen LogP contribution in [0.2, 0.25) is 5.02 Å². The zero-order valence-electron chi connectivity index (χ0n) is 11.3. The number of hydrogen-bond acceptors (Lipinski definition) is 3. The fraction of sp³-hybridized carbons (Fsp3) is 0.125. The summed E-state index contributed by atoms with van der Waals surface area (Å²) < 4.78 is 0. The van der Waals surface area contributed by atoms with E-state index in [0.29, 0.717) is 21.9 Å². The third-order valence-corrected chi connectivity index (χ3v) is 3.20. The van der Waals surface area contributed by atoms with Crippen molar-refractivity contribution in [3.8, 4) is 0 Å². The van der Waals surface area contributed by atoms with Gasteiger partial charge in [-0.1, -0.05) is 49.1 Å². The predicted octanol–water partition coefficient (Wildman–Crippen LogP) is 4.06. The Labute approximate surface area is 123 Å².